The molecular formula is C18H16BrN3O2. The van der Waals surface area contributed by atoms with Gasteiger partial charge in [-0.3, -0.25) is 4.79 Å². The Hall–Kier alpha value is -2.60. The van der Waals surface area contributed by atoms with Crippen molar-refractivity contribution in [1.82, 2.24) is 9.99 Å². The molecule has 1 heterocycles. The molecule has 0 bridgehead atoms. The molecule has 1 amide bonds. The molecule has 5 nitrogen and oxygen atoms in total. The zero-order chi connectivity index (χ0) is 17.1. The molecule has 0 radical (unpaired) electrons. The summed E-state index contributed by atoms with van der Waals surface area (Å²) in [7, 11) is 3.45. The maximum absolute atomic E-state index is 12.4. The number of halogens is 1. The maximum atomic E-state index is 12.4. The highest BCUT2D eigenvalue weighted by molar-refractivity contribution is 9.10. The van der Waals surface area contributed by atoms with Gasteiger partial charge in [-0.2, -0.15) is 5.10 Å². The molecule has 0 aliphatic rings. The molecule has 0 saturated carbocycles. The largest absolute Gasteiger partial charge is 0.496 e. The molecular weight excluding hydrogens is 370 g/mol. The lowest BCUT2D eigenvalue weighted by Crippen LogP contribution is -2.20. The van der Waals surface area contributed by atoms with Crippen molar-refractivity contribution in [2.75, 3.05) is 7.11 Å². The number of amides is 1. The SMILES string of the molecule is COc1ccc(Br)cc1/C=N/NC(=O)c1cc2ccccc2n1C. The van der Waals surface area contributed by atoms with Crippen molar-refractivity contribution in [3.8, 4) is 5.75 Å². The van der Waals surface area contributed by atoms with Crippen molar-refractivity contribution in [3.63, 3.8) is 0 Å². The predicted octanol–water partition coefficient (Wildman–Crippen LogP) is 3.71. The first-order chi connectivity index (χ1) is 11.6. The molecule has 122 valence electrons. The zero-order valence-corrected chi connectivity index (χ0v) is 14.9. The third-order valence-electron chi connectivity index (χ3n) is 3.75. The van der Waals surface area contributed by atoms with Crippen molar-refractivity contribution in [2.24, 2.45) is 12.1 Å². The highest BCUT2D eigenvalue weighted by Crippen LogP contribution is 2.21. The molecule has 0 unspecified atom stereocenters. The minimum Gasteiger partial charge on any atom is -0.496 e. The van der Waals surface area contributed by atoms with E-state index >= 15 is 0 Å². The van der Waals surface area contributed by atoms with Gasteiger partial charge in [0, 0.05) is 28.0 Å². The quantitative estimate of drug-likeness (QED) is 0.549. The van der Waals surface area contributed by atoms with Gasteiger partial charge in [-0.25, -0.2) is 5.43 Å². The summed E-state index contributed by atoms with van der Waals surface area (Å²) in [5, 5.41) is 5.06. The van der Waals surface area contributed by atoms with E-state index in [9.17, 15) is 4.79 Å². The molecule has 0 atom stereocenters. The number of hydrazone groups is 1. The topological polar surface area (TPSA) is 55.6 Å². The number of nitrogens with one attached hydrogen (secondary N) is 1. The molecule has 0 fully saturated rings. The average molecular weight is 386 g/mol. The summed E-state index contributed by atoms with van der Waals surface area (Å²) >= 11 is 3.40. The molecule has 0 saturated heterocycles. The third-order valence-corrected chi connectivity index (χ3v) is 4.24. The Bertz CT molecular complexity index is 931. The second-order valence-electron chi connectivity index (χ2n) is 5.23. The number of carbonyl (C=O) groups excluding carboxylic acids is 1. The fraction of sp³-hybridized carbons (Fsp3) is 0.111. The summed E-state index contributed by atoms with van der Waals surface area (Å²) in [5.74, 6) is 0.416. The lowest BCUT2D eigenvalue weighted by Gasteiger charge is -2.05. The van der Waals surface area contributed by atoms with Gasteiger partial charge in [-0.05, 0) is 30.3 Å². The van der Waals surface area contributed by atoms with Gasteiger partial charge in [0.2, 0.25) is 0 Å². The predicted molar refractivity (Wildman–Crippen MR) is 98.7 cm³/mol. The number of benzene rings is 2. The van der Waals surface area contributed by atoms with Crippen LogP contribution in [0.25, 0.3) is 10.9 Å². The Balaban J connectivity index is 1.80. The van der Waals surface area contributed by atoms with Crippen molar-refractivity contribution in [2.45, 2.75) is 0 Å². The van der Waals surface area contributed by atoms with E-state index in [1.165, 1.54) is 0 Å². The first-order valence-electron chi connectivity index (χ1n) is 7.31. The number of ether oxygens (including phenoxy) is 1. The van der Waals surface area contributed by atoms with Gasteiger partial charge in [0.15, 0.2) is 0 Å². The number of hydrogen-bond donors (Lipinski definition) is 1. The summed E-state index contributed by atoms with van der Waals surface area (Å²) in [4.78, 5) is 12.4. The van der Waals surface area contributed by atoms with E-state index in [2.05, 4.69) is 26.5 Å². The molecule has 3 aromatic rings. The summed E-state index contributed by atoms with van der Waals surface area (Å²) in [6.07, 6.45) is 1.56. The van der Waals surface area contributed by atoms with Crippen LogP contribution in [0.4, 0.5) is 0 Å². The van der Waals surface area contributed by atoms with Crippen molar-refractivity contribution in [3.05, 3.63) is 64.3 Å². The zero-order valence-electron chi connectivity index (χ0n) is 13.3. The maximum Gasteiger partial charge on any atom is 0.287 e. The van der Waals surface area contributed by atoms with Crippen LogP contribution >= 0.6 is 15.9 Å². The van der Waals surface area contributed by atoms with Crippen LogP contribution in [0.1, 0.15) is 16.1 Å². The first kappa shape index (κ1) is 16.3. The Kier molecular flexibility index (Phi) is 4.66. The number of nitrogens with zero attached hydrogens (tertiary/aromatic N) is 2. The monoisotopic (exact) mass is 385 g/mol. The summed E-state index contributed by atoms with van der Waals surface area (Å²) in [5.41, 5.74) is 4.88. The number of hydrogen-bond acceptors (Lipinski definition) is 3. The van der Waals surface area contributed by atoms with Crippen molar-refractivity contribution < 1.29 is 9.53 Å². The Morgan fingerprint density at radius 2 is 2.04 bits per heavy atom. The Morgan fingerprint density at radius 3 is 2.79 bits per heavy atom. The second-order valence-corrected chi connectivity index (χ2v) is 6.15. The average Bonchev–Trinajstić information content (AvgIpc) is 2.92. The van der Waals surface area contributed by atoms with Gasteiger partial charge < -0.3 is 9.30 Å². The van der Waals surface area contributed by atoms with Crippen LogP contribution < -0.4 is 10.2 Å². The van der Waals surface area contributed by atoms with Gasteiger partial charge >= 0.3 is 0 Å². The number of rotatable bonds is 4. The fourth-order valence-electron chi connectivity index (χ4n) is 2.53. The van der Waals surface area contributed by atoms with Gasteiger partial charge in [0.1, 0.15) is 11.4 Å². The number of carbonyl (C=O) groups is 1. The summed E-state index contributed by atoms with van der Waals surface area (Å²) in [6, 6.07) is 15.3. The van der Waals surface area contributed by atoms with Crippen molar-refractivity contribution in [1.29, 1.82) is 0 Å². The van der Waals surface area contributed by atoms with Gasteiger partial charge in [0.25, 0.3) is 5.91 Å². The highest BCUT2D eigenvalue weighted by atomic mass is 79.9. The van der Waals surface area contributed by atoms with Crippen LogP contribution in [0.15, 0.2) is 58.1 Å². The van der Waals surface area contributed by atoms with E-state index in [-0.39, 0.29) is 5.91 Å². The smallest absolute Gasteiger partial charge is 0.287 e. The number of methoxy groups -OCH3 is 1. The van der Waals surface area contributed by atoms with Crippen LogP contribution in [-0.4, -0.2) is 23.8 Å². The van der Waals surface area contributed by atoms with E-state index in [0.717, 1.165) is 20.9 Å². The van der Waals surface area contributed by atoms with E-state index in [4.69, 9.17) is 4.74 Å². The van der Waals surface area contributed by atoms with E-state index in [0.29, 0.717) is 11.4 Å². The van der Waals surface area contributed by atoms with Gasteiger partial charge in [-0.1, -0.05) is 34.1 Å². The van der Waals surface area contributed by atoms with Crippen LogP contribution in [0, 0.1) is 0 Å². The Morgan fingerprint density at radius 1 is 1.25 bits per heavy atom. The van der Waals surface area contributed by atoms with Crippen molar-refractivity contribution >= 4 is 39.0 Å². The lowest BCUT2D eigenvalue weighted by atomic mass is 10.2. The lowest BCUT2D eigenvalue weighted by molar-refractivity contribution is 0.0947. The second kappa shape index (κ2) is 6.88. The molecule has 0 aliphatic carbocycles. The first-order valence-corrected chi connectivity index (χ1v) is 8.11. The molecule has 2 aromatic carbocycles. The molecule has 1 aromatic heterocycles. The number of aryl methyl sites for hydroxylation is 1. The molecule has 0 aliphatic heterocycles. The van der Waals surface area contributed by atoms with E-state index in [1.54, 1.807) is 13.3 Å². The minimum absolute atomic E-state index is 0.265. The molecule has 24 heavy (non-hydrogen) atoms. The number of para-hydroxylation sites is 1. The van der Waals surface area contributed by atoms with Crippen LogP contribution in [0.2, 0.25) is 0 Å². The Labute approximate surface area is 148 Å². The standard InChI is InChI=1S/C18H16BrN3O2/c1-22-15-6-4-3-5-12(15)10-16(22)18(23)21-20-11-13-9-14(19)7-8-17(13)24-2/h3-11H,1-2H3,(H,21,23)/b20-11+. The molecule has 3 rings (SSSR count). The van der Waals surface area contributed by atoms with Gasteiger partial charge in [-0.15, -0.1) is 0 Å². The third kappa shape index (κ3) is 3.19. The van der Waals surface area contributed by atoms with Gasteiger partial charge in [0.05, 0.1) is 13.3 Å². The van der Waals surface area contributed by atoms with Crippen LogP contribution in [0.5, 0.6) is 5.75 Å². The number of fused-ring (bicyclic) bond motifs is 1. The minimum atomic E-state index is -0.265. The van der Waals surface area contributed by atoms with E-state index in [1.807, 2.05) is 60.1 Å². The molecule has 1 N–H and O–H groups in total. The fourth-order valence-corrected chi connectivity index (χ4v) is 2.91. The summed E-state index contributed by atoms with van der Waals surface area (Å²) in [6.45, 7) is 0. The van der Waals surface area contributed by atoms with Crippen LogP contribution in [-0.2, 0) is 7.05 Å². The van der Waals surface area contributed by atoms with E-state index < -0.39 is 0 Å². The molecule has 0 spiro atoms. The van der Waals surface area contributed by atoms with Crippen LogP contribution in [0.3, 0.4) is 0 Å². The normalized spacial score (nSPS) is 11.1. The highest BCUT2D eigenvalue weighted by Gasteiger charge is 2.12. The summed E-state index contributed by atoms with van der Waals surface area (Å²) < 4.78 is 8.03. The molecule has 6 heteroatoms. The number of aromatic nitrogens is 1.